The summed E-state index contributed by atoms with van der Waals surface area (Å²) in [7, 11) is 0. The van der Waals surface area contributed by atoms with Gasteiger partial charge in [-0.15, -0.1) is 10.2 Å². The molecule has 2 heterocycles. The Morgan fingerprint density at radius 2 is 1.97 bits per heavy atom. The standard InChI is InChI=1S/C23H25N5O/c1-15(2)28-11-5-6-17(14-28)25-23-19-8-4-3-7-18(19)22(26-27-23)20-10-9-16(13-24)12-21(20)29/h3-4,7-10,12,15,17,29H,5-6,11,14H2,1-2H3,(H,25,27)/t17-/m1/s1. The number of benzene rings is 2. The van der Waals surface area contributed by atoms with Crippen molar-refractivity contribution in [2.45, 2.75) is 38.8 Å². The van der Waals surface area contributed by atoms with Crippen LogP contribution >= 0.6 is 0 Å². The fourth-order valence-corrected chi connectivity index (χ4v) is 4.00. The summed E-state index contributed by atoms with van der Waals surface area (Å²) in [6.07, 6.45) is 2.27. The van der Waals surface area contributed by atoms with Crippen molar-refractivity contribution in [3.8, 4) is 23.1 Å². The number of nitriles is 1. The summed E-state index contributed by atoms with van der Waals surface area (Å²) in [6, 6.07) is 15.7. The number of likely N-dealkylation sites (tertiary alicyclic amines) is 1. The molecule has 29 heavy (non-hydrogen) atoms. The third kappa shape index (κ3) is 3.87. The van der Waals surface area contributed by atoms with Gasteiger partial charge in [0.2, 0.25) is 0 Å². The van der Waals surface area contributed by atoms with Crippen LogP contribution in [-0.2, 0) is 0 Å². The number of aromatic nitrogens is 2. The van der Waals surface area contributed by atoms with Crippen LogP contribution in [0.3, 0.4) is 0 Å². The number of nitrogens with one attached hydrogen (secondary N) is 1. The molecule has 0 radical (unpaired) electrons. The van der Waals surface area contributed by atoms with Crippen LogP contribution in [-0.4, -0.2) is 45.4 Å². The summed E-state index contributed by atoms with van der Waals surface area (Å²) >= 11 is 0. The van der Waals surface area contributed by atoms with Gasteiger partial charge in [0.05, 0.1) is 11.6 Å². The minimum atomic E-state index is 0.0315. The predicted octanol–water partition coefficient (Wildman–Crippen LogP) is 4.16. The molecular formula is C23H25N5O. The fraction of sp³-hybridized carbons (Fsp3) is 0.348. The van der Waals surface area contributed by atoms with Gasteiger partial charge < -0.3 is 10.4 Å². The smallest absolute Gasteiger partial charge is 0.156 e. The second kappa shape index (κ2) is 8.06. The molecule has 1 aromatic heterocycles. The van der Waals surface area contributed by atoms with Crippen LogP contribution in [0.2, 0.25) is 0 Å². The number of aromatic hydroxyl groups is 1. The summed E-state index contributed by atoms with van der Waals surface area (Å²) in [5, 5.41) is 33.9. The molecule has 6 nitrogen and oxygen atoms in total. The summed E-state index contributed by atoms with van der Waals surface area (Å²) in [4.78, 5) is 2.49. The van der Waals surface area contributed by atoms with Crippen molar-refractivity contribution in [1.82, 2.24) is 15.1 Å². The quantitative estimate of drug-likeness (QED) is 0.699. The van der Waals surface area contributed by atoms with Gasteiger partial charge in [0.15, 0.2) is 5.82 Å². The van der Waals surface area contributed by atoms with Crippen LogP contribution in [0.4, 0.5) is 5.82 Å². The Bertz CT molecular complexity index is 1070. The van der Waals surface area contributed by atoms with E-state index in [0.29, 0.717) is 28.9 Å². The molecule has 0 amide bonds. The van der Waals surface area contributed by atoms with Crippen molar-refractivity contribution in [1.29, 1.82) is 5.26 Å². The van der Waals surface area contributed by atoms with E-state index in [1.165, 1.54) is 12.5 Å². The molecule has 148 valence electrons. The number of fused-ring (bicyclic) bond motifs is 1. The van der Waals surface area contributed by atoms with E-state index < -0.39 is 0 Å². The highest BCUT2D eigenvalue weighted by Gasteiger charge is 2.23. The van der Waals surface area contributed by atoms with Gasteiger partial charge in [0.25, 0.3) is 0 Å². The van der Waals surface area contributed by atoms with E-state index in [-0.39, 0.29) is 5.75 Å². The molecule has 0 spiro atoms. The third-order valence-corrected chi connectivity index (χ3v) is 5.59. The SMILES string of the molecule is CC(C)N1CCC[C@@H](Nc2nnc(-c3ccc(C#N)cc3O)c3ccccc23)C1. The van der Waals surface area contributed by atoms with E-state index in [0.717, 1.165) is 36.1 Å². The molecule has 1 aliphatic rings. The van der Waals surface area contributed by atoms with Crippen molar-refractivity contribution >= 4 is 16.6 Å². The summed E-state index contributed by atoms with van der Waals surface area (Å²) in [6.45, 7) is 6.60. The van der Waals surface area contributed by atoms with Crippen LogP contribution in [0.5, 0.6) is 5.75 Å². The molecular weight excluding hydrogens is 362 g/mol. The van der Waals surface area contributed by atoms with E-state index >= 15 is 0 Å². The first-order chi connectivity index (χ1) is 14.1. The lowest BCUT2D eigenvalue weighted by molar-refractivity contribution is 0.175. The molecule has 4 rings (SSSR count). The van der Waals surface area contributed by atoms with Gasteiger partial charge in [0, 0.05) is 35.0 Å². The first-order valence-electron chi connectivity index (χ1n) is 10.1. The van der Waals surface area contributed by atoms with E-state index in [1.54, 1.807) is 12.1 Å². The lowest BCUT2D eigenvalue weighted by Crippen LogP contribution is -2.45. The molecule has 6 heteroatoms. The summed E-state index contributed by atoms with van der Waals surface area (Å²) in [5.74, 6) is 0.803. The molecule has 1 aliphatic heterocycles. The average Bonchev–Trinajstić information content (AvgIpc) is 2.74. The topological polar surface area (TPSA) is 85.1 Å². The number of piperidine rings is 1. The molecule has 0 bridgehead atoms. The molecule has 2 N–H and O–H groups in total. The van der Waals surface area contributed by atoms with Gasteiger partial charge >= 0.3 is 0 Å². The number of phenols is 1. The van der Waals surface area contributed by atoms with Gasteiger partial charge in [-0.3, -0.25) is 4.90 Å². The van der Waals surface area contributed by atoms with Crippen molar-refractivity contribution in [3.63, 3.8) is 0 Å². The molecule has 1 saturated heterocycles. The lowest BCUT2D eigenvalue weighted by atomic mass is 10.0. The van der Waals surface area contributed by atoms with Gasteiger partial charge in [-0.05, 0) is 51.4 Å². The first-order valence-corrected chi connectivity index (χ1v) is 10.1. The highest BCUT2D eigenvalue weighted by atomic mass is 16.3. The number of rotatable bonds is 4. The molecule has 1 fully saturated rings. The number of phenolic OH excluding ortho intramolecular Hbond substituents is 1. The third-order valence-electron chi connectivity index (χ3n) is 5.59. The van der Waals surface area contributed by atoms with Crippen molar-refractivity contribution in [2.24, 2.45) is 0 Å². The van der Waals surface area contributed by atoms with Gasteiger partial charge in [-0.25, -0.2) is 0 Å². The molecule has 0 unspecified atom stereocenters. The van der Waals surface area contributed by atoms with Crippen molar-refractivity contribution in [3.05, 3.63) is 48.0 Å². The van der Waals surface area contributed by atoms with E-state index in [9.17, 15) is 5.11 Å². The molecule has 0 saturated carbocycles. The number of anilines is 1. The maximum absolute atomic E-state index is 10.4. The average molecular weight is 387 g/mol. The van der Waals surface area contributed by atoms with Crippen molar-refractivity contribution in [2.75, 3.05) is 18.4 Å². The largest absolute Gasteiger partial charge is 0.507 e. The van der Waals surface area contributed by atoms with Crippen molar-refractivity contribution < 1.29 is 5.11 Å². The van der Waals surface area contributed by atoms with E-state index in [1.807, 2.05) is 30.3 Å². The predicted molar refractivity (Wildman–Crippen MR) is 115 cm³/mol. The molecule has 1 atom stereocenters. The van der Waals surface area contributed by atoms with Gasteiger partial charge in [-0.1, -0.05) is 24.3 Å². The van der Waals surface area contributed by atoms with E-state index in [2.05, 4.69) is 34.3 Å². The summed E-state index contributed by atoms with van der Waals surface area (Å²) < 4.78 is 0. The Hall–Kier alpha value is -3.17. The van der Waals surface area contributed by atoms with Crippen LogP contribution in [0, 0.1) is 11.3 Å². The first kappa shape index (κ1) is 19.2. The Kier molecular flexibility index (Phi) is 5.32. The van der Waals surface area contributed by atoms with Crippen LogP contribution in [0.15, 0.2) is 42.5 Å². The van der Waals surface area contributed by atoms with Crippen LogP contribution in [0.1, 0.15) is 32.3 Å². The minimum Gasteiger partial charge on any atom is -0.507 e. The minimum absolute atomic E-state index is 0.0315. The van der Waals surface area contributed by atoms with Gasteiger partial charge in [0.1, 0.15) is 11.4 Å². The highest BCUT2D eigenvalue weighted by molar-refractivity contribution is 6.00. The number of hydrogen-bond donors (Lipinski definition) is 2. The monoisotopic (exact) mass is 387 g/mol. The Morgan fingerprint density at radius 1 is 1.17 bits per heavy atom. The zero-order valence-electron chi connectivity index (χ0n) is 16.8. The molecule has 3 aromatic rings. The van der Waals surface area contributed by atoms with Crippen LogP contribution < -0.4 is 5.32 Å². The van der Waals surface area contributed by atoms with Gasteiger partial charge in [-0.2, -0.15) is 5.26 Å². The summed E-state index contributed by atoms with van der Waals surface area (Å²) in [5.41, 5.74) is 1.59. The molecule has 2 aromatic carbocycles. The highest BCUT2D eigenvalue weighted by Crippen LogP contribution is 2.35. The zero-order chi connectivity index (χ0) is 20.4. The fourth-order valence-electron chi connectivity index (χ4n) is 4.00. The Balaban J connectivity index is 1.70. The van der Waals surface area contributed by atoms with Crippen LogP contribution in [0.25, 0.3) is 22.0 Å². The number of hydrogen-bond acceptors (Lipinski definition) is 6. The maximum Gasteiger partial charge on any atom is 0.156 e. The lowest BCUT2D eigenvalue weighted by Gasteiger charge is -2.36. The van der Waals surface area contributed by atoms with E-state index in [4.69, 9.17) is 5.26 Å². The maximum atomic E-state index is 10.4. The second-order valence-corrected chi connectivity index (χ2v) is 7.86. The second-order valence-electron chi connectivity index (χ2n) is 7.86. The molecule has 0 aliphatic carbocycles. The Labute approximate surface area is 170 Å². The number of nitrogens with zero attached hydrogens (tertiary/aromatic N) is 4. The zero-order valence-corrected chi connectivity index (χ0v) is 16.8. The normalized spacial score (nSPS) is 17.4. The Morgan fingerprint density at radius 3 is 2.69 bits per heavy atom.